The highest BCUT2D eigenvalue weighted by Gasteiger charge is 2.30. The fraction of sp³-hybridized carbons (Fsp3) is 0.320. The van der Waals surface area contributed by atoms with Crippen molar-refractivity contribution in [1.29, 1.82) is 0 Å². The third-order valence-electron chi connectivity index (χ3n) is 10.4. The monoisotopic (exact) mass is 749 g/mol. The number of rotatable bonds is 5. The summed E-state index contributed by atoms with van der Waals surface area (Å²) in [6, 6.07) is 45.9. The molecule has 0 aliphatic carbocycles. The normalized spacial score (nSPS) is 12.7. The fourth-order valence-corrected chi connectivity index (χ4v) is 7.55. The van der Waals surface area contributed by atoms with Gasteiger partial charge in [0.15, 0.2) is 0 Å². The Morgan fingerprint density at radius 1 is 0.346 bits per heavy atom. The molecule has 6 aromatic rings. The van der Waals surface area contributed by atoms with Crippen molar-refractivity contribution < 1.29 is 0 Å². The van der Waals surface area contributed by atoms with Crippen LogP contribution in [-0.2, 0) is 21.7 Å². The third-order valence-corrected chi connectivity index (χ3v) is 11.1. The Balaban J connectivity index is 1.82. The van der Waals surface area contributed by atoms with Gasteiger partial charge in [0.25, 0.3) is 0 Å². The molecule has 268 valence electrons. The van der Waals surface area contributed by atoms with Gasteiger partial charge < -0.3 is 4.57 Å². The molecule has 0 saturated carbocycles. The van der Waals surface area contributed by atoms with Crippen LogP contribution >= 0.6 is 15.9 Å². The minimum absolute atomic E-state index is 0.0501. The lowest BCUT2D eigenvalue weighted by molar-refractivity contribution is 0.590. The van der Waals surface area contributed by atoms with Crippen molar-refractivity contribution in [2.45, 2.75) is 105 Å². The van der Waals surface area contributed by atoms with Crippen LogP contribution in [0.2, 0.25) is 0 Å². The van der Waals surface area contributed by atoms with Crippen LogP contribution < -0.4 is 0 Å². The van der Waals surface area contributed by atoms with E-state index in [2.05, 4.69) is 225 Å². The van der Waals surface area contributed by atoms with Gasteiger partial charge in [-0.25, -0.2) is 0 Å². The van der Waals surface area contributed by atoms with Gasteiger partial charge in [-0.05, 0) is 94.2 Å². The molecule has 2 heteroatoms. The zero-order chi connectivity index (χ0) is 37.8. The second-order valence-corrected chi connectivity index (χ2v) is 19.4. The second kappa shape index (κ2) is 13.7. The maximum absolute atomic E-state index is 4.01. The van der Waals surface area contributed by atoms with Crippen molar-refractivity contribution in [3.8, 4) is 50.5 Å². The van der Waals surface area contributed by atoms with Crippen LogP contribution in [0.4, 0.5) is 0 Å². The largest absolute Gasteiger partial charge is 0.307 e. The Labute approximate surface area is 322 Å². The molecule has 0 aliphatic heterocycles. The van der Waals surface area contributed by atoms with Gasteiger partial charge in [-0.2, -0.15) is 0 Å². The third kappa shape index (κ3) is 7.51. The first-order valence-corrected chi connectivity index (χ1v) is 19.5. The van der Waals surface area contributed by atoms with E-state index in [1.807, 2.05) is 0 Å². The van der Waals surface area contributed by atoms with Gasteiger partial charge in [-0.3, -0.25) is 0 Å². The summed E-state index contributed by atoms with van der Waals surface area (Å²) in [4.78, 5) is 0. The van der Waals surface area contributed by atoms with E-state index in [9.17, 15) is 0 Å². The Bertz CT molecular complexity index is 2030. The van der Waals surface area contributed by atoms with Crippen LogP contribution in [0.15, 0.2) is 126 Å². The average Bonchev–Trinajstić information content (AvgIpc) is 3.43. The van der Waals surface area contributed by atoms with Gasteiger partial charge in [0.2, 0.25) is 0 Å². The first kappa shape index (κ1) is 37.6. The van der Waals surface area contributed by atoms with Gasteiger partial charge in [0, 0.05) is 15.6 Å². The van der Waals surface area contributed by atoms with Gasteiger partial charge in [-0.1, -0.05) is 192 Å². The van der Waals surface area contributed by atoms with Crippen LogP contribution in [0.25, 0.3) is 50.5 Å². The molecule has 0 radical (unpaired) electrons. The van der Waals surface area contributed by atoms with E-state index in [-0.39, 0.29) is 21.7 Å². The molecule has 0 atom stereocenters. The van der Waals surface area contributed by atoms with Crippen LogP contribution in [0, 0.1) is 0 Å². The Hall–Kier alpha value is -4.14. The molecule has 0 bridgehead atoms. The molecule has 0 unspecified atom stereocenters. The summed E-state index contributed by atoms with van der Waals surface area (Å²) >= 11 is 4.01. The molecule has 0 spiro atoms. The predicted molar refractivity (Wildman–Crippen MR) is 230 cm³/mol. The zero-order valence-corrected chi connectivity index (χ0v) is 35.0. The molecular weight excluding hydrogens is 694 g/mol. The molecule has 0 amide bonds. The zero-order valence-electron chi connectivity index (χ0n) is 33.4. The maximum Gasteiger partial charge on any atom is 0.0620 e. The fourth-order valence-electron chi connectivity index (χ4n) is 7.09. The highest BCUT2D eigenvalue weighted by molar-refractivity contribution is 9.10. The predicted octanol–water partition coefficient (Wildman–Crippen LogP) is 15.1. The standard InChI is InChI=1S/C50H56BrN/c1-47(2,3)37-25-17-33(18-26-37)43-44(34-19-27-38(28-20-34)48(4,5)6)46(36-23-31-40(32-24-36)50(10,11)12)52(42-16-14-13-15-41(42)51)45(43)35-21-29-39(30-22-35)49(7,8)9/h13-32H,1-12H3. The van der Waals surface area contributed by atoms with E-state index >= 15 is 0 Å². The highest BCUT2D eigenvalue weighted by atomic mass is 79.9. The summed E-state index contributed by atoms with van der Waals surface area (Å²) in [5.41, 5.74) is 16.2. The van der Waals surface area contributed by atoms with Crippen LogP contribution in [0.5, 0.6) is 0 Å². The van der Waals surface area contributed by atoms with Crippen molar-refractivity contribution in [3.05, 3.63) is 148 Å². The molecule has 0 N–H and O–H groups in total. The minimum Gasteiger partial charge on any atom is -0.307 e. The number of benzene rings is 5. The molecule has 0 saturated heterocycles. The van der Waals surface area contributed by atoms with Crippen molar-refractivity contribution in [3.63, 3.8) is 0 Å². The molecule has 52 heavy (non-hydrogen) atoms. The van der Waals surface area contributed by atoms with E-state index in [1.54, 1.807) is 0 Å². The molecule has 0 fully saturated rings. The lowest BCUT2D eigenvalue weighted by Crippen LogP contribution is -2.11. The number of halogens is 1. The van der Waals surface area contributed by atoms with Crippen LogP contribution in [-0.4, -0.2) is 4.57 Å². The molecule has 1 aromatic heterocycles. The summed E-state index contributed by atoms with van der Waals surface area (Å²) < 4.78 is 3.57. The van der Waals surface area contributed by atoms with Crippen molar-refractivity contribution in [1.82, 2.24) is 4.57 Å². The lowest BCUT2D eigenvalue weighted by atomic mass is 9.83. The number of hydrogen-bond donors (Lipinski definition) is 0. The highest BCUT2D eigenvalue weighted by Crippen LogP contribution is 2.51. The maximum atomic E-state index is 4.01. The molecule has 5 aromatic carbocycles. The summed E-state index contributed by atoms with van der Waals surface area (Å²) in [5, 5.41) is 0. The molecule has 6 rings (SSSR count). The van der Waals surface area contributed by atoms with Gasteiger partial charge in [-0.15, -0.1) is 0 Å². The van der Waals surface area contributed by atoms with Gasteiger partial charge in [0.05, 0.1) is 17.1 Å². The number of nitrogens with zero attached hydrogens (tertiary/aromatic N) is 1. The Morgan fingerprint density at radius 2 is 0.615 bits per heavy atom. The van der Waals surface area contributed by atoms with E-state index in [0.717, 1.165) is 10.2 Å². The molecule has 1 heterocycles. The Kier molecular flexibility index (Phi) is 9.90. The van der Waals surface area contributed by atoms with Crippen molar-refractivity contribution in [2.75, 3.05) is 0 Å². The first-order chi connectivity index (χ1) is 24.2. The summed E-state index contributed by atoms with van der Waals surface area (Å²) in [5.74, 6) is 0. The average molecular weight is 751 g/mol. The van der Waals surface area contributed by atoms with Gasteiger partial charge in [0.1, 0.15) is 0 Å². The van der Waals surface area contributed by atoms with Crippen molar-refractivity contribution >= 4 is 15.9 Å². The second-order valence-electron chi connectivity index (χ2n) is 18.5. The summed E-state index contributed by atoms with van der Waals surface area (Å²) in [7, 11) is 0. The topological polar surface area (TPSA) is 4.93 Å². The van der Waals surface area contributed by atoms with Crippen LogP contribution in [0.1, 0.15) is 105 Å². The summed E-state index contributed by atoms with van der Waals surface area (Å²) in [6.45, 7) is 27.4. The Morgan fingerprint density at radius 3 is 0.885 bits per heavy atom. The SMILES string of the molecule is CC(C)(C)c1ccc(-c2c(-c3ccc(C(C)(C)C)cc3)c(-c3ccc(C(C)(C)C)cc3)n(-c3ccccc3Br)c2-c2ccc(C(C)(C)C)cc2)cc1. The summed E-state index contributed by atoms with van der Waals surface area (Å²) in [6.07, 6.45) is 0. The molecule has 1 nitrogen and oxygen atoms in total. The van der Waals surface area contributed by atoms with E-state index in [1.165, 1.54) is 67.0 Å². The van der Waals surface area contributed by atoms with E-state index in [4.69, 9.17) is 0 Å². The van der Waals surface area contributed by atoms with E-state index in [0.29, 0.717) is 0 Å². The quantitative estimate of drug-likeness (QED) is 0.165. The number of aromatic nitrogens is 1. The minimum atomic E-state index is 0.0501. The number of hydrogen-bond acceptors (Lipinski definition) is 0. The smallest absolute Gasteiger partial charge is 0.0620 e. The van der Waals surface area contributed by atoms with E-state index < -0.39 is 0 Å². The first-order valence-electron chi connectivity index (χ1n) is 18.7. The lowest BCUT2D eigenvalue weighted by Gasteiger charge is -2.21. The van der Waals surface area contributed by atoms with Gasteiger partial charge >= 0.3 is 0 Å². The molecule has 0 aliphatic rings. The number of para-hydroxylation sites is 1. The van der Waals surface area contributed by atoms with Crippen molar-refractivity contribution in [2.24, 2.45) is 0 Å². The molecular formula is C50H56BrN. The van der Waals surface area contributed by atoms with Crippen LogP contribution in [0.3, 0.4) is 0 Å².